The van der Waals surface area contributed by atoms with Gasteiger partial charge in [0.25, 0.3) is 5.91 Å². The van der Waals surface area contributed by atoms with Crippen LogP contribution in [0.25, 0.3) is 6.08 Å². The van der Waals surface area contributed by atoms with Crippen molar-refractivity contribution in [2.45, 2.75) is 6.61 Å². The number of carbonyl (C=O) groups excluding carboxylic acids is 1. The van der Waals surface area contributed by atoms with Crippen LogP contribution in [0.2, 0.25) is 0 Å². The Morgan fingerprint density at radius 1 is 0.865 bits per heavy atom. The van der Waals surface area contributed by atoms with E-state index in [1.165, 1.54) is 11.8 Å². The van der Waals surface area contributed by atoms with Gasteiger partial charge in [-0.2, -0.15) is 0 Å². The Kier molecular flexibility index (Phi) is 7.14. The molecule has 1 aliphatic rings. The summed E-state index contributed by atoms with van der Waals surface area (Å²) in [4.78, 5) is 31.3. The molecule has 37 heavy (non-hydrogen) atoms. The van der Waals surface area contributed by atoms with Gasteiger partial charge >= 0.3 is 5.97 Å². The van der Waals surface area contributed by atoms with Crippen molar-refractivity contribution in [2.24, 2.45) is 4.99 Å². The fourth-order valence-corrected chi connectivity index (χ4v) is 4.69. The van der Waals surface area contributed by atoms with Gasteiger partial charge in [-0.15, -0.1) is 0 Å². The Hall–Kier alpha value is -4.62. The van der Waals surface area contributed by atoms with E-state index >= 15 is 0 Å². The summed E-state index contributed by atoms with van der Waals surface area (Å²) in [5, 5.41) is 9.61. The smallest absolute Gasteiger partial charge is 0.335 e. The summed E-state index contributed by atoms with van der Waals surface area (Å²) in [6.07, 6.45) is 1.85. The van der Waals surface area contributed by atoms with E-state index in [0.29, 0.717) is 22.4 Å². The first-order valence-corrected chi connectivity index (χ1v) is 12.4. The van der Waals surface area contributed by atoms with Gasteiger partial charge in [0.05, 0.1) is 21.8 Å². The number of para-hydroxylation sites is 2. The molecule has 5 rings (SSSR count). The van der Waals surface area contributed by atoms with E-state index in [-0.39, 0.29) is 11.5 Å². The minimum atomic E-state index is -0.957. The number of amidine groups is 1. The Bertz CT molecular complexity index is 1470. The lowest BCUT2D eigenvalue weighted by atomic mass is 10.1. The number of carbonyl (C=O) groups is 2. The minimum absolute atomic E-state index is 0.129. The van der Waals surface area contributed by atoms with Gasteiger partial charge in [0, 0.05) is 0 Å². The van der Waals surface area contributed by atoms with E-state index in [4.69, 9.17) is 14.8 Å². The maximum Gasteiger partial charge on any atom is 0.335 e. The van der Waals surface area contributed by atoms with Gasteiger partial charge in [-0.3, -0.25) is 9.69 Å². The Morgan fingerprint density at radius 2 is 1.51 bits per heavy atom. The van der Waals surface area contributed by atoms with Crippen molar-refractivity contribution in [2.75, 3.05) is 4.90 Å². The van der Waals surface area contributed by atoms with E-state index < -0.39 is 5.97 Å². The lowest BCUT2D eigenvalue weighted by Crippen LogP contribution is -2.28. The number of anilines is 1. The first-order chi connectivity index (χ1) is 18.1. The fourth-order valence-electron chi connectivity index (χ4n) is 3.69. The molecule has 1 saturated heterocycles. The van der Waals surface area contributed by atoms with E-state index in [2.05, 4.69) is 0 Å². The molecule has 7 heteroatoms. The quantitative estimate of drug-likeness (QED) is 0.280. The fraction of sp³-hybridized carbons (Fsp3) is 0.0333. The Balaban J connectivity index is 1.33. The molecule has 1 aliphatic heterocycles. The molecule has 0 radical (unpaired) electrons. The summed E-state index contributed by atoms with van der Waals surface area (Å²) >= 11 is 1.34. The second kappa shape index (κ2) is 11.0. The number of rotatable bonds is 7. The highest BCUT2D eigenvalue weighted by Crippen LogP contribution is 2.37. The Labute approximate surface area is 218 Å². The predicted octanol–water partition coefficient (Wildman–Crippen LogP) is 6.77. The molecule has 0 saturated carbocycles. The molecule has 1 N–H and O–H groups in total. The lowest BCUT2D eigenvalue weighted by Gasteiger charge is -2.15. The average Bonchev–Trinajstić information content (AvgIpc) is 3.23. The highest BCUT2D eigenvalue weighted by Gasteiger charge is 2.34. The summed E-state index contributed by atoms with van der Waals surface area (Å²) < 4.78 is 5.83. The van der Waals surface area contributed by atoms with Crippen molar-refractivity contribution in [1.82, 2.24) is 0 Å². The van der Waals surface area contributed by atoms with Crippen molar-refractivity contribution in [3.63, 3.8) is 0 Å². The number of carboxylic acid groups (broad SMARTS) is 1. The van der Waals surface area contributed by atoms with E-state index in [9.17, 15) is 9.59 Å². The van der Waals surface area contributed by atoms with E-state index in [1.807, 2.05) is 91.0 Å². The van der Waals surface area contributed by atoms with Crippen LogP contribution >= 0.6 is 11.8 Å². The lowest BCUT2D eigenvalue weighted by molar-refractivity contribution is -0.113. The molecule has 4 aromatic rings. The number of benzene rings is 4. The molecular formula is C30H22N2O4S. The summed E-state index contributed by atoms with van der Waals surface area (Å²) in [6, 6.07) is 33.1. The number of hydrogen-bond donors (Lipinski definition) is 1. The number of hydrogen-bond acceptors (Lipinski definition) is 5. The number of aromatic carboxylic acids is 1. The van der Waals surface area contributed by atoms with Crippen molar-refractivity contribution in [3.8, 4) is 5.75 Å². The molecule has 1 fully saturated rings. The van der Waals surface area contributed by atoms with Crippen molar-refractivity contribution in [3.05, 3.63) is 131 Å². The standard InChI is InChI=1S/C30H22N2O4S/c33-28-27(37-30(31-24-7-3-1-4-8-24)32(28)25-9-5-2-6-10-25)19-21-13-17-26(18-14-21)36-20-22-11-15-23(16-12-22)29(34)35/h1-19H,20H2,(H,34,35)/b27-19+,31-30?. The first kappa shape index (κ1) is 24.1. The highest BCUT2D eigenvalue weighted by atomic mass is 32.2. The van der Waals surface area contributed by atoms with Crippen LogP contribution in [0, 0.1) is 0 Å². The maximum absolute atomic E-state index is 13.4. The number of aliphatic imine (C=N–C) groups is 1. The van der Waals surface area contributed by atoms with Crippen LogP contribution in [0.5, 0.6) is 5.75 Å². The Morgan fingerprint density at radius 3 is 2.16 bits per heavy atom. The van der Waals surface area contributed by atoms with Crippen LogP contribution in [0.3, 0.4) is 0 Å². The van der Waals surface area contributed by atoms with Crippen LogP contribution in [-0.2, 0) is 11.4 Å². The third kappa shape index (κ3) is 5.79. The minimum Gasteiger partial charge on any atom is -0.489 e. The predicted molar refractivity (Wildman–Crippen MR) is 147 cm³/mol. The number of ether oxygens (including phenoxy) is 1. The summed E-state index contributed by atoms with van der Waals surface area (Å²) in [5.74, 6) is -0.412. The van der Waals surface area contributed by atoms with Crippen molar-refractivity contribution in [1.29, 1.82) is 0 Å². The second-order valence-corrected chi connectivity index (χ2v) is 9.19. The topological polar surface area (TPSA) is 79.2 Å². The molecule has 0 unspecified atom stereocenters. The highest BCUT2D eigenvalue weighted by molar-refractivity contribution is 8.19. The summed E-state index contributed by atoms with van der Waals surface area (Å²) in [7, 11) is 0. The van der Waals surface area contributed by atoms with Crippen molar-refractivity contribution >= 4 is 46.3 Å². The number of nitrogens with zero attached hydrogens (tertiary/aromatic N) is 2. The van der Waals surface area contributed by atoms with Gasteiger partial charge in [-0.05, 0) is 77.5 Å². The molecule has 4 aromatic carbocycles. The monoisotopic (exact) mass is 506 g/mol. The van der Waals surface area contributed by atoms with Crippen LogP contribution < -0.4 is 9.64 Å². The zero-order valence-electron chi connectivity index (χ0n) is 19.7. The average molecular weight is 507 g/mol. The van der Waals surface area contributed by atoms with Gasteiger partial charge in [0.1, 0.15) is 12.4 Å². The number of carboxylic acids is 1. The van der Waals surface area contributed by atoms with Gasteiger partial charge < -0.3 is 9.84 Å². The molecule has 6 nitrogen and oxygen atoms in total. The summed E-state index contributed by atoms with van der Waals surface area (Å²) in [6.45, 7) is 0.319. The molecule has 1 heterocycles. The molecule has 0 bridgehead atoms. The third-order valence-electron chi connectivity index (χ3n) is 5.59. The number of thioether (sulfide) groups is 1. The van der Waals surface area contributed by atoms with Gasteiger partial charge in [0.2, 0.25) is 0 Å². The molecular weight excluding hydrogens is 484 g/mol. The van der Waals surface area contributed by atoms with Gasteiger partial charge in [-0.1, -0.05) is 60.7 Å². The number of amides is 1. The zero-order chi connectivity index (χ0) is 25.6. The largest absolute Gasteiger partial charge is 0.489 e. The van der Waals surface area contributed by atoms with Crippen LogP contribution in [-0.4, -0.2) is 22.2 Å². The molecule has 1 amide bonds. The summed E-state index contributed by atoms with van der Waals surface area (Å²) in [5.41, 5.74) is 3.51. The van der Waals surface area contributed by atoms with Gasteiger partial charge in [-0.25, -0.2) is 9.79 Å². The second-order valence-electron chi connectivity index (χ2n) is 8.18. The van der Waals surface area contributed by atoms with Crippen LogP contribution in [0.1, 0.15) is 21.5 Å². The maximum atomic E-state index is 13.4. The molecule has 0 atom stereocenters. The van der Waals surface area contributed by atoms with Crippen LogP contribution in [0.4, 0.5) is 11.4 Å². The molecule has 0 aliphatic carbocycles. The van der Waals surface area contributed by atoms with Crippen molar-refractivity contribution < 1.29 is 19.4 Å². The van der Waals surface area contributed by atoms with Gasteiger partial charge in [0.15, 0.2) is 5.17 Å². The molecule has 182 valence electrons. The molecule has 0 spiro atoms. The molecule has 0 aromatic heterocycles. The zero-order valence-corrected chi connectivity index (χ0v) is 20.5. The van der Waals surface area contributed by atoms with E-state index in [0.717, 1.165) is 22.5 Å². The third-order valence-corrected chi connectivity index (χ3v) is 6.55. The van der Waals surface area contributed by atoms with Crippen LogP contribution in [0.15, 0.2) is 119 Å². The normalized spacial score (nSPS) is 15.4. The van der Waals surface area contributed by atoms with E-state index in [1.54, 1.807) is 29.2 Å². The SMILES string of the molecule is O=C(O)c1ccc(COc2ccc(/C=C3/SC(=Nc4ccccc4)N(c4ccccc4)C3=O)cc2)cc1. The first-order valence-electron chi connectivity index (χ1n) is 11.5.